The molecule has 2 fully saturated rings. The number of amides is 2. The summed E-state index contributed by atoms with van der Waals surface area (Å²) in [6.45, 7) is 0.905. The molecule has 10 heteroatoms. The van der Waals surface area contributed by atoms with E-state index in [0.717, 1.165) is 35.7 Å². The Morgan fingerprint density at radius 2 is 1.69 bits per heavy atom. The molecule has 1 saturated heterocycles. The number of carbonyl (C=O) groups excluding carboxylic acids is 2. The largest absolute Gasteiger partial charge is 0.349 e. The predicted octanol–water partition coefficient (Wildman–Crippen LogP) is 2.63. The van der Waals surface area contributed by atoms with Crippen LogP contribution in [0, 0.1) is 0 Å². The van der Waals surface area contributed by atoms with Crippen molar-refractivity contribution in [3.63, 3.8) is 0 Å². The Hall–Kier alpha value is -1.88. The van der Waals surface area contributed by atoms with Crippen LogP contribution in [0.15, 0.2) is 40.6 Å². The second-order valence-electron chi connectivity index (χ2n) is 6.91. The molecule has 0 atom stereocenters. The molecule has 29 heavy (non-hydrogen) atoms. The molecular weight excluding hydrogens is 430 g/mol. The van der Waals surface area contributed by atoms with Crippen molar-refractivity contribution in [2.24, 2.45) is 0 Å². The quantitative estimate of drug-likeness (QED) is 0.704. The van der Waals surface area contributed by atoms with E-state index in [0.29, 0.717) is 24.3 Å². The molecule has 0 radical (unpaired) electrons. The van der Waals surface area contributed by atoms with Crippen molar-refractivity contribution in [3.05, 3.63) is 46.2 Å². The summed E-state index contributed by atoms with van der Waals surface area (Å²) in [5.74, 6) is 0.911. The minimum Gasteiger partial charge on any atom is -0.349 e. The van der Waals surface area contributed by atoms with Crippen LogP contribution in [0.3, 0.4) is 0 Å². The second-order valence-corrected chi connectivity index (χ2v) is 11.0. The zero-order valence-corrected chi connectivity index (χ0v) is 18.0. The van der Waals surface area contributed by atoms with Crippen LogP contribution < -0.4 is 10.6 Å². The van der Waals surface area contributed by atoms with Crippen LogP contribution in [-0.2, 0) is 10.0 Å². The van der Waals surface area contributed by atoms with E-state index < -0.39 is 15.9 Å². The van der Waals surface area contributed by atoms with Crippen LogP contribution in [0.1, 0.15) is 32.9 Å². The molecule has 0 unspecified atom stereocenters. The number of nitrogens with one attached hydrogen (secondary N) is 2. The van der Waals surface area contributed by atoms with Crippen molar-refractivity contribution in [2.45, 2.75) is 23.8 Å². The maximum Gasteiger partial charge on any atom is 0.267 e. The normalized spacial score (nSPS) is 17.7. The van der Waals surface area contributed by atoms with Gasteiger partial charge >= 0.3 is 0 Å². The van der Waals surface area contributed by atoms with Crippen LogP contribution in [-0.4, -0.2) is 55.2 Å². The first-order valence-corrected chi connectivity index (χ1v) is 12.8. The van der Waals surface area contributed by atoms with Gasteiger partial charge in [-0.3, -0.25) is 9.59 Å². The zero-order chi connectivity index (χ0) is 20.4. The highest BCUT2D eigenvalue weighted by Gasteiger charge is 2.31. The maximum absolute atomic E-state index is 12.9. The summed E-state index contributed by atoms with van der Waals surface area (Å²) in [5, 5.41) is 7.26. The van der Waals surface area contributed by atoms with Gasteiger partial charge in [-0.15, -0.1) is 11.3 Å². The molecule has 1 aromatic carbocycles. The Morgan fingerprint density at radius 1 is 1.00 bits per heavy atom. The lowest BCUT2D eigenvalue weighted by atomic mass is 10.2. The number of thioether (sulfide) groups is 1. The molecule has 1 aromatic heterocycles. The highest BCUT2D eigenvalue weighted by Crippen LogP contribution is 2.28. The van der Waals surface area contributed by atoms with E-state index in [-0.39, 0.29) is 21.7 Å². The van der Waals surface area contributed by atoms with E-state index in [2.05, 4.69) is 10.6 Å². The molecule has 1 aliphatic heterocycles. The minimum absolute atomic E-state index is 0.0485. The molecule has 4 rings (SSSR count). The third-order valence-electron chi connectivity index (χ3n) is 4.74. The van der Waals surface area contributed by atoms with Crippen LogP contribution in [0.2, 0.25) is 0 Å². The first kappa shape index (κ1) is 20.4. The molecule has 154 valence electrons. The van der Waals surface area contributed by atoms with Gasteiger partial charge in [0.05, 0.1) is 0 Å². The van der Waals surface area contributed by atoms with Gasteiger partial charge in [-0.05, 0) is 48.6 Å². The minimum atomic E-state index is -3.69. The third kappa shape index (κ3) is 4.66. The van der Waals surface area contributed by atoms with Gasteiger partial charge in [0.2, 0.25) is 10.0 Å². The van der Waals surface area contributed by atoms with Gasteiger partial charge in [-0.25, -0.2) is 8.42 Å². The Bertz CT molecular complexity index is 1010. The molecule has 7 nitrogen and oxygen atoms in total. The van der Waals surface area contributed by atoms with Crippen LogP contribution in [0.4, 0.5) is 5.69 Å². The Balaban J connectivity index is 1.46. The van der Waals surface area contributed by atoms with Crippen molar-refractivity contribution in [2.75, 3.05) is 29.9 Å². The second kappa shape index (κ2) is 8.47. The summed E-state index contributed by atoms with van der Waals surface area (Å²) in [7, 11) is -3.69. The van der Waals surface area contributed by atoms with Gasteiger partial charge in [-0.1, -0.05) is 0 Å². The van der Waals surface area contributed by atoms with E-state index in [1.54, 1.807) is 41.4 Å². The fraction of sp³-hybridized carbons (Fsp3) is 0.368. The van der Waals surface area contributed by atoms with Gasteiger partial charge in [0, 0.05) is 41.9 Å². The van der Waals surface area contributed by atoms with Gasteiger partial charge in [-0.2, -0.15) is 16.1 Å². The van der Waals surface area contributed by atoms with Gasteiger partial charge in [0.25, 0.3) is 11.8 Å². The van der Waals surface area contributed by atoms with Crippen LogP contribution >= 0.6 is 23.1 Å². The number of carbonyl (C=O) groups is 2. The number of nitrogens with zero attached hydrogens (tertiary/aromatic N) is 1. The molecule has 1 saturated carbocycles. The zero-order valence-electron chi connectivity index (χ0n) is 15.6. The molecular formula is C19H21N3O4S3. The van der Waals surface area contributed by atoms with E-state index in [9.17, 15) is 18.0 Å². The predicted molar refractivity (Wildman–Crippen MR) is 115 cm³/mol. The molecule has 0 bridgehead atoms. The average Bonchev–Trinajstić information content (AvgIpc) is 3.39. The average molecular weight is 452 g/mol. The standard InChI is InChI=1S/C19H21N3O4S3/c23-18(20-15-5-6-15)13-1-3-14(4-2-13)21-19(24)17-16(7-10-28-17)29(25,26)22-8-11-27-12-9-22/h1-4,7,10,15H,5-6,8-9,11-12H2,(H,20,23)(H,21,24). The molecule has 2 heterocycles. The summed E-state index contributed by atoms with van der Waals surface area (Å²) in [6, 6.07) is 8.34. The van der Waals surface area contributed by atoms with Gasteiger partial charge in [0.15, 0.2) is 0 Å². The lowest BCUT2D eigenvalue weighted by molar-refractivity contribution is 0.0950. The van der Waals surface area contributed by atoms with Crippen molar-refractivity contribution in [1.29, 1.82) is 0 Å². The highest BCUT2D eigenvalue weighted by molar-refractivity contribution is 7.99. The van der Waals surface area contributed by atoms with E-state index >= 15 is 0 Å². The van der Waals surface area contributed by atoms with Crippen molar-refractivity contribution in [3.8, 4) is 0 Å². The number of thiophene rings is 1. The lowest BCUT2D eigenvalue weighted by Gasteiger charge is -2.25. The number of hydrogen-bond acceptors (Lipinski definition) is 6. The monoisotopic (exact) mass is 451 g/mol. The Kier molecular flexibility index (Phi) is 5.95. The summed E-state index contributed by atoms with van der Waals surface area (Å²) < 4.78 is 27.3. The number of anilines is 1. The summed E-state index contributed by atoms with van der Waals surface area (Å²) in [4.78, 5) is 25.0. The van der Waals surface area contributed by atoms with Crippen molar-refractivity contribution >= 4 is 50.6 Å². The van der Waals surface area contributed by atoms with Crippen LogP contribution in [0.25, 0.3) is 0 Å². The fourth-order valence-electron chi connectivity index (χ4n) is 2.98. The molecule has 2 aliphatic rings. The summed E-state index contributed by atoms with van der Waals surface area (Å²) >= 11 is 2.83. The first-order chi connectivity index (χ1) is 13.9. The lowest BCUT2D eigenvalue weighted by Crippen LogP contribution is -2.38. The van der Waals surface area contributed by atoms with E-state index in [1.165, 1.54) is 10.4 Å². The maximum atomic E-state index is 12.9. The fourth-order valence-corrected chi connectivity index (χ4v) is 6.85. The number of benzene rings is 1. The molecule has 2 amide bonds. The SMILES string of the molecule is O=C(NC1CC1)c1ccc(NC(=O)c2sccc2S(=O)(=O)N2CCSCC2)cc1. The highest BCUT2D eigenvalue weighted by atomic mass is 32.2. The topological polar surface area (TPSA) is 95.6 Å². The first-order valence-electron chi connectivity index (χ1n) is 9.33. The number of hydrogen-bond donors (Lipinski definition) is 2. The number of sulfonamides is 1. The van der Waals surface area contributed by atoms with E-state index in [1.807, 2.05) is 0 Å². The molecule has 2 aromatic rings. The number of rotatable bonds is 6. The Morgan fingerprint density at radius 3 is 2.34 bits per heavy atom. The smallest absolute Gasteiger partial charge is 0.267 e. The molecule has 1 aliphatic carbocycles. The van der Waals surface area contributed by atoms with Gasteiger partial charge < -0.3 is 10.6 Å². The van der Waals surface area contributed by atoms with E-state index in [4.69, 9.17) is 0 Å². The van der Waals surface area contributed by atoms with Crippen molar-refractivity contribution < 1.29 is 18.0 Å². The van der Waals surface area contributed by atoms with Crippen LogP contribution in [0.5, 0.6) is 0 Å². The van der Waals surface area contributed by atoms with Gasteiger partial charge in [0.1, 0.15) is 9.77 Å². The van der Waals surface area contributed by atoms with Crippen molar-refractivity contribution in [1.82, 2.24) is 9.62 Å². The molecule has 0 spiro atoms. The Labute approximate surface area is 177 Å². The summed E-state index contributed by atoms with van der Waals surface area (Å²) in [6.07, 6.45) is 2.03. The molecule has 2 N–H and O–H groups in total. The third-order valence-corrected chi connectivity index (χ3v) is 8.67. The summed E-state index contributed by atoms with van der Waals surface area (Å²) in [5.41, 5.74) is 1.03.